The molecule has 2 aromatic carbocycles. The summed E-state index contributed by atoms with van der Waals surface area (Å²) in [6.45, 7) is 2.29. The molecule has 2 nitrogen and oxygen atoms in total. The molecule has 0 aromatic heterocycles. The first-order chi connectivity index (χ1) is 18.5. The third kappa shape index (κ3) is 6.02. The highest BCUT2D eigenvalue weighted by molar-refractivity contribution is 5.44. The zero-order chi connectivity index (χ0) is 26.6. The van der Waals surface area contributed by atoms with E-state index in [-0.39, 0.29) is 17.4 Å². The number of fused-ring (bicyclic) bond motifs is 1. The minimum Gasteiger partial charge on any atom is -0.494 e. The van der Waals surface area contributed by atoms with Gasteiger partial charge in [0.05, 0.1) is 7.11 Å². The number of halogens is 3. The third-order valence-electron chi connectivity index (χ3n) is 9.68. The number of ether oxygens (including phenoxy) is 2. The van der Waals surface area contributed by atoms with Crippen molar-refractivity contribution >= 4 is 0 Å². The fraction of sp³-hybridized carbons (Fsp3) is 0.636. The van der Waals surface area contributed by atoms with Gasteiger partial charge in [-0.2, -0.15) is 4.39 Å². The lowest BCUT2D eigenvalue weighted by atomic mass is 9.73. The van der Waals surface area contributed by atoms with Crippen LogP contribution < -0.4 is 9.47 Å². The second-order valence-electron chi connectivity index (χ2n) is 12.1. The summed E-state index contributed by atoms with van der Waals surface area (Å²) in [5.41, 5.74) is 1.85. The van der Waals surface area contributed by atoms with Gasteiger partial charge in [-0.25, -0.2) is 8.78 Å². The van der Waals surface area contributed by atoms with Crippen molar-refractivity contribution in [2.24, 2.45) is 17.8 Å². The average Bonchev–Trinajstić information content (AvgIpc) is 2.95. The van der Waals surface area contributed by atoms with E-state index >= 15 is 8.78 Å². The van der Waals surface area contributed by atoms with Crippen molar-refractivity contribution in [3.63, 3.8) is 0 Å². The molecular weight excluding hydrogens is 485 g/mol. The van der Waals surface area contributed by atoms with Gasteiger partial charge in [0.1, 0.15) is 6.10 Å². The molecular formula is C33H43F3O2. The summed E-state index contributed by atoms with van der Waals surface area (Å²) >= 11 is 0. The number of hydrogen-bond acceptors (Lipinski definition) is 2. The van der Waals surface area contributed by atoms with Gasteiger partial charge >= 0.3 is 0 Å². The van der Waals surface area contributed by atoms with Crippen LogP contribution >= 0.6 is 0 Å². The molecule has 0 bridgehead atoms. The van der Waals surface area contributed by atoms with Crippen LogP contribution in [-0.4, -0.2) is 7.11 Å². The lowest BCUT2D eigenvalue weighted by molar-refractivity contribution is 0.164. The lowest BCUT2D eigenvalue weighted by Gasteiger charge is -2.33. The zero-order valence-corrected chi connectivity index (χ0v) is 23.0. The third-order valence-corrected chi connectivity index (χ3v) is 9.68. The summed E-state index contributed by atoms with van der Waals surface area (Å²) in [7, 11) is 1.41. The first-order valence-electron chi connectivity index (χ1n) is 15.0. The van der Waals surface area contributed by atoms with Gasteiger partial charge in [-0.1, -0.05) is 64.4 Å². The summed E-state index contributed by atoms with van der Waals surface area (Å²) in [5, 5.41) is 0. The van der Waals surface area contributed by atoms with Crippen LogP contribution in [0.2, 0.25) is 0 Å². The van der Waals surface area contributed by atoms with Crippen LogP contribution in [0.3, 0.4) is 0 Å². The summed E-state index contributed by atoms with van der Waals surface area (Å²) in [6, 6.07) is 6.46. The van der Waals surface area contributed by atoms with Crippen molar-refractivity contribution < 1.29 is 22.6 Å². The van der Waals surface area contributed by atoms with E-state index in [1.807, 2.05) is 6.07 Å². The summed E-state index contributed by atoms with van der Waals surface area (Å²) in [6.07, 6.45) is 15.7. The highest BCUT2D eigenvalue weighted by Gasteiger charge is 2.32. The number of aryl methyl sites for hydroxylation is 1. The van der Waals surface area contributed by atoms with Gasteiger partial charge in [-0.05, 0) is 97.1 Å². The molecule has 1 atom stereocenters. The average molecular weight is 529 g/mol. The first kappa shape index (κ1) is 27.4. The Morgan fingerprint density at radius 2 is 1.42 bits per heavy atom. The van der Waals surface area contributed by atoms with Crippen LogP contribution in [0.1, 0.15) is 119 Å². The predicted molar refractivity (Wildman–Crippen MR) is 145 cm³/mol. The highest BCUT2D eigenvalue weighted by atomic mass is 19.2. The fourth-order valence-corrected chi connectivity index (χ4v) is 7.35. The normalized spacial score (nSPS) is 27.4. The minimum atomic E-state index is -0.892. The van der Waals surface area contributed by atoms with E-state index in [0.29, 0.717) is 24.0 Å². The number of rotatable bonds is 8. The minimum absolute atomic E-state index is 0.0129. The first-order valence-corrected chi connectivity index (χ1v) is 15.0. The molecule has 2 saturated carbocycles. The molecule has 1 heterocycles. The molecule has 38 heavy (non-hydrogen) atoms. The second kappa shape index (κ2) is 12.3. The van der Waals surface area contributed by atoms with Crippen LogP contribution in [0, 0.1) is 35.2 Å². The van der Waals surface area contributed by atoms with E-state index in [1.54, 1.807) is 6.07 Å². The van der Waals surface area contributed by atoms with E-state index in [0.717, 1.165) is 49.0 Å². The highest BCUT2D eigenvalue weighted by Crippen LogP contribution is 2.45. The van der Waals surface area contributed by atoms with E-state index in [9.17, 15) is 4.39 Å². The molecule has 0 radical (unpaired) electrons. The van der Waals surface area contributed by atoms with Crippen LogP contribution in [0.15, 0.2) is 24.3 Å². The molecule has 3 aliphatic rings. The Kier molecular flexibility index (Phi) is 8.90. The summed E-state index contributed by atoms with van der Waals surface area (Å²) in [5.74, 6) is 0.637. The second-order valence-corrected chi connectivity index (χ2v) is 12.1. The van der Waals surface area contributed by atoms with Crippen molar-refractivity contribution in [1.29, 1.82) is 0 Å². The maximum absolute atomic E-state index is 15.3. The molecule has 208 valence electrons. The smallest absolute Gasteiger partial charge is 0.201 e. The van der Waals surface area contributed by atoms with E-state index in [1.165, 1.54) is 70.6 Å². The van der Waals surface area contributed by atoms with Gasteiger partial charge in [0.2, 0.25) is 5.82 Å². The SMILES string of the molecule is CCCC1CCC(CCC2CCC(c3cc4c(c(F)c3F)OC(c3ccc(OC)c(F)c3)CC4)CC2)CC1. The van der Waals surface area contributed by atoms with Gasteiger partial charge < -0.3 is 9.47 Å². The quantitative estimate of drug-likeness (QED) is 0.339. The molecule has 0 amide bonds. The summed E-state index contributed by atoms with van der Waals surface area (Å²) in [4.78, 5) is 0. The molecule has 2 fully saturated rings. The Bertz CT molecular complexity index is 1080. The standard InChI is InChI=1S/C33H43F3O2/c1-3-4-21-5-7-22(8-6-21)9-10-23-11-13-24(14-12-23)27-19-26-16-17-29(38-33(26)32(36)31(27)35)25-15-18-30(37-2)28(34)20-25/h15,18-24,29H,3-14,16-17H2,1-2H3. The van der Waals surface area contributed by atoms with E-state index < -0.39 is 23.6 Å². The fourth-order valence-electron chi connectivity index (χ4n) is 7.35. The van der Waals surface area contributed by atoms with Crippen LogP contribution in [0.25, 0.3) is 0 Å². The Morgan fingerprint density at radius 3 is 2.03 bits per heavy atom. The van der Waals surface area contributed by atoms with Gasteiger partial charge in [-0.15, -0.1) is 0 Å². The molecule has 0 N–H and O–H groups in total. The Balaban J connectivity index is 1.17. The molecule has 0 saturated heterocycles. The van der Waals surface area contributed by atoms with Crippen molar-refractivity contribution in [2.75, 3.05) is 7.11 Å². The molecule has 1 unspecified atom stereocenters. The molecule has 1 aliphatic heterocycles. The monoisotopic (exact) mass is 528 g/mol. The predicted octanol–water partition coefficient (Wildman–Crippen LogP) is 9.84. The van der Waals surface area contributed by atoms with Crippen LogP contribution in [0.5, 0.6) is 11.5 Å². The van der Waals surface area contributed by atoms with E-state index in [4.69, 9.17) is 9.47 Å². The maximum Gasteiger partial charge on any atom is 0.201 e. The van der Waals surface area contributed by atoms with Gasteiger partial charge in [0.15, 0.2) is 23.1 Å². The molecule has 0 spiro atoms. The summed E-state index contributed by atoms with van der Waals surface area (Å²) < 4.78 is 55.7. The Morgan fingerprint density at radius 1 is 0.789 bits per heavy atom. The van der Waals surface area contributed by atoms with Crippen molar-refractivity contribution in [3.05, 3.63) is 58.4 Å². The van der Waals surface area contributed by atoms with Gasteiger partial charge in [0.25, 0.3) is 0 Å². The van der Waals surface area contributed by atoms with Crippen LogP contribution in [0.4, 0.5) is 13.2 Å². The van der Waals surface area contributed by atoms with Crippen molar-refractivity contribution in [3.8, 4) is 11.5 Å². The topological polar surface area (TPSA) is 18.5 Å². The van der Waals surface area contributed by atoms with Gasteiger partial charge in [-0.3, -0.25) is 0 Å². The Labute approximate surface area is 226 Å². The Hall–Kier alpha value is -2.17. The number of methoxy groups -OCH3 is 1. The zero-order valence-electron chi connectivity index (χ0n) is 23.0. The molecule has 5 heteroatoms. The number of hydrogen-bond donors (Lipinski definition) is 0. The number of benzene rings is 2. The van der Waals surface area contributed by atoms with Crippen molar-refractivity contribution in [1.82, 2.24) is 0 Å². The maximum atomic E-state index is 15.3. The van der Waals surface area contributed by atoms with Crippen molar-refractivity contribution in [2.45, 2.75) is 109 Å². The molecule has 2 aromatic rings. The lowest BCUT2D eigenvalue weighted by Crippen LogP contribution is -2.20. The largest absolute Gasteiger partial charge is 0.494 e. The molecule has 5 rings (SSSR count). The van der Waals surface area contributed by atoms with E-state index in [2.05, 4.69) is 6.92 Å². The van der Waals surface area contributed by atoms with Gasteiger partial charge in [0, 0.05) is 0 Å². The molecule has 2 aliphatic carbocycles. The van der Waals surface area contributed by atoms with Crippen LogP contribution in [-0.2, 0) is 6.42 Å².